The molecule has 3 nitrogen and oxygen atoms in total. The summed E-state index contributed by atoms with van der Waals surface area (Å²) in [4.78, 5) is 0. The van der Waals surface area contributed by atoms with E-state index in [0.717, 1.165) is 57.3 Å². The predicted molar refractivity (Wildman–Crippen MR) is 118 cm³/mol. The summed E-state index contributed by atoms with van der Waals surface area (Å²) in [6, 6.07) is 11.8. The van der Waals surface area contributed by atoms with Crippen LogP contribution in [0.5, 0.6) is 17.2 Å². The van der Waals surface area contributed by atoms with Crippen molar-refractivity contribution in [1.82, 2.24) is 0 Å². The van der Waals surface area contributed by atoms with Crippen molar-refractivity contribution in [2.24, 2.45) is 0 Å². The van der Waals surface area contributed by atoms with Gasteiger partial charge in [-0.1, -0.05) is 31.2 Å². The second kappa shape index (κ2) is 8.20. The van der Waals surface area contributed by atoms with Crippen molar-refractivity contribution < 1.29 is 15.3 Å². The van der Waals surface area contributed by atoms with Crippen molar-refractivity contribution in [3.8, 4) is 17.2 Å². The summed E-state index contributed by atoms with van der Waals surface area (Å²) in [5, 5.41) is 30.7. The minimum absolute atomic E-state index is 0.302. The summed E-state index contributed by atoms with van der Waals surface area (Å²) in [6.45, 7) is 9.85. The Hall–Kier alpha value is -2.94. The minimum Gasteiger partial charge on any atom is -0.508 e. The summed E-state index contributed by atoms with van der Waals surface area (Å²) < 4.78 is 0. The van der Waals surface area contributed by atoms with Crippen LogP contribution in [0.15, 0.2) is 36.4 Å². The Labute approximate surface area is 173 Å². The van der Waals surface area contributed by atoms with Gasteiger partial charge in [0, 0.05) is 6.42 Å². The van der Waals surface area contributed by atoms with Crippen molar-refractivity contribution in [3.63, 3.8) is 0 Å². The van der Waals surface area contributed by atoms with E-state index >= 15 is 0 Å². The molecular formula is C26H30O3. The van der Waals surface area contributed by atoms with Crippen molar-refractivity contribution in [2.75, 3.05) is 0 Å². The summed E-state index contributed by atoms with van der Waals surface area (Å²) in [6.07, 6.45) is 2.13. The van der Waals surface area contributed by atoms with E-state index in [9.17, 15) is 15.3 Å². The zero-order chi connectivity index (χ0) is 21.3. The van der Waals surface area contributed by atoms with Crippen LogP contribution in [0.2, 0.25) is 0 Å². The van der Waals surface area contributed by atoms with Crippen LogP contribution >= 0.6 is 0 Å². The summed E-state index contributed by atoms with van der Waals surface area (Å²) >= 11 is 0. The molecule has 0 spiro atoms. The highest BCUT2D eigenvalue weighted by Crippen LogP contribution is 2.32. The third-order valence-electron chi connectivity index (χ3n) is 5.79. The number of aromatic hydroxyl groups is 3. The number of benzene rings is 3. The third-order valence-corrected chi connectivity index (χ3v) is 5.79. The summed E-state index contributed by atoms with van der Waals surface area (Å²) in [5.74, 6) is 0.988. The fourth-order valence-corrected chi connectivity index (χ4v) is 3.87. The largest absolute Gasteiger partial charge is 0.508 e. The van der Waals surface area contributed by atoms with Crippen molar-refractivity contribution >= 4 is 0 Å². The lowest BCUT2D eigenvalue weighted by molar-refractivity contribution is 0.462. The lowest BCUT2D eigenvalue weighted by Gasteiger charge is -2.16. The van der Waals surface area contributed by atoms with Crippen LogP contribution < -0.4 is 0 Å². The molecule has 3 aromatic carbocycles. The zero-order valence-corrected chi connectivity index (χ0v) is 17.9. The molecule has 3 aromatic rings. The smallest absolute Gasteiger partial charge is 0.122 e. The van der Waals surface area contributed by atoms with Crippen molar-refractivity contribution in [2.45, 2.75) is 53.9 Å². The lowest BCUT2D eigenvalue weighted by atomic mass is 9.91. The molecule has 0 saturated carbocycles. The molecule has 0 aromatic heterocycles. The average Bonchev–Trinajstić information content (AvgIpc) is 2.66. The van der Waals surface area contributed by atoms with Crippen LogP contribution in [-0.4, -0.2) is 15.3 Å². The maximum absolute atomic E-state index is 10.8. The topological polar surface area (TPSA) is 60.7 Å². The van der Waals surface area contributed by atoms with Gasteiger partial charge in [0.15, 0.2) is 0 Å². The van der Waals surface area contributed by atoms with Crippen molar-refractivity contribution in [1.29, 1.82) is 0 Å². The maximum atomic E-state index is 10.8. The Morgan fingerprint density at radius 2 is 1.03 bits per heavy atom. The standard InChI is InChI=1S/C26H30O3/c1-6-20-11-19(12-21-7-17(4)24(27)9-15(21)2)13-23(26(20)29)14-22-8-18(5)25(28)10-16(22)3/h7-11,13,27-29H,6,12,14H2,1-5H3. The second-order valence-electron chi connectivity index (χ2n) is 8.10. The second-order valence-corrected chi connectivity index (χ2v) is 8.10. The first-order chi connectivity index (χ1) is 13.7. The SMILES string of the molecule is CCc1cc(Cc2cc(C)c(O)cc2C)cc(Cc2cc(C)c(O)cc2C)c1O. The maximum Gasteiger partial charge on any atom is 0.122 e. The number of rotatable bonds is 5. The molecule has 0 unspecified atom stereocenters. The van der Waals surface area contributed by atoms with Gasteiger partial charge in [-0.05, 0) is 103 Å². The Morgan fingerprint density at radius 1 is 0.552 bits per heavy atom. The van der Waals surface area contributed by atoms with Crippen LogP contribution in [0.4, 0.5) is 0 Å². The van der Waals surface area contributed by atoms with Gasteiger partial charge in [0.25, 0.3) is 0 Å². The van der Waals surface area contributed by atoms with Gasteiger partial charge in [-0.15, -0.1) is 0 Å². The molecule has 0 fully saturated rings. The van der Waals surface area contributed by atoms with E-state index in [-0.39, 0.29) is 0 Å². The highest BCUT2D eigenvalue weighted by molar-refractivity contribution is 5.50. The molecule has 0 saturated heterocycles. The fraction of sp³-hybridized carbons (Fsp3) is 0.308. The molecule has 0 aliphatic heterocycles. The first-order valence-electron chi connectivity index (χ1n) is 10.1. The quantitative estimate of drug-likeness (QED) is 0.517. The Bertz CT molecular complexity index is 1060. The van der Waals surface area contributed by atoms with Gasteiger partial charge < -0.3 is 15.3 Å². The van der Waals surface area contributed by atoms with Gasteiger partial charge in [-0.25, -0.2) is 0 Å². The number of phenols is 3. The van der Waals surface area contributed by atoms with Gasteiger partial charge in [-0.3, -0.25) is 0 Å². The molecule has 3 N–H and O–H groups in total. The van der Waals surface area contributed by atoms with Crippen LogP contribution in [0.3, 0.4) is 0 Å². The normalized spacial score (nSPS) is 11.1. The molecule has 29 heavy (non-hydrogen) atoms. The molecule has 0 heterocycles. The highest BCUT2D eigenvalue weighted by Gasteiger charge is 2.13. The van der Waals surface area contributed by atoms with E-state index in [2.05, 4.69) is 19.1 Å². The van der Waals surface area contributed by atoms with E-state index in [1.165, 1.54) is 5.56 Å². The van der Waals surface area contributed by atoms with Crippen LogP contribution in [0, 0.1) is 27.7 Å². The van der Waals surface area contributed by atoms with E-state index in [1.54, 1.807) is 6.07 Å². The molecule has 0 amide bonds. The Balaban J connectivity index is 2.01. The average molecular weight is 391 g/mol. The first-order valence-corrected chi connectivity index (χ1v) is 10.1. The van der Waals surface area contributed by atoms with E-state index in [0.29, 0.717) is 23.7 Å². The molecule has 3 rings (SSSR count). The Morgan fingerprint density at radius 3 is 1.55 bits per heavy atom. The molecule has 0 aliphatic rings. The zero-order valence-electron chi connectivity index (χ0n) is 17.9. The number of hydrogen-bond acceptors (Lipinski definition) is 3. The first kappa shape index (κ1) is 20.8. The molecule has 0 aliphatic carbocycles. The molecule has 152 valence electrons. The highest BCUT2D eigenvalue weighted by atomic mass is 16.3. The summed E-state index contributed by atoms with van der Waals surface area (Å²) in [7, 11) is 0. The van der Waals surface area contributed by atoms with Crippen molar-refractivity contribution in [3.05, 3.63) is 86.5 Å². The van der Waals surface area contributed by atoms with E-state index < -0.39 is 0 Å². The van der Waals surface area contributed by atoms with E-state index in [4.69, 9.17) is 0 Å². The van der Waals surface area contributed by atoms with Gasteiger partial charge in [0.05, 0.1) is 0 Å². The molecule has 0 atom stereocenters. The summed E-state index contributed by atoms with van der Waals surface area (Å²) in [5.41, 5.74) is 9.06. The Kier molecular flexibility index (Phi) is 5.88. The van der Waals surface area contributed by atoms with Gasteiger partial charge in [0.1, 0.15) is 17.2 Å². The number of phenolic OH excluding ortho intramolecular Hbond substituents is 3. The van der Waals surface area contributed by atoms with Crippen LogP contribution in [0.1, 0.15) is 57.0 Å². The van der Waals surface area contributed by atoms with Gasteiger partial charge in [0.2, 0.25) is 0 Å². The molecule has 0 bridgehead atoms. The fourth-order valence-electron chi connectivity index (χ4n) is 3.87. The molecular weight excluding hydrogens is 360 g/mol. The molecule has 3 heteroatoms. The van der Waals surface area contributed by atoms with Crippen LogP contribution in [0.25, 0.3) is 0 Å². The third kappa shape index (κ3) is 4.40. The monoisotopic (exact) mass is 390 g/mol. The van der Waals surface area contributed by atoms with Gasteiger partial charge >= 0.3 is 0 Å². The predicted octanol–water partition coefficient (Wildman–Crippen LogP) is 5.78. The molecule has 0 radical (unpaired) electrons. The number of hydrogen-bond donors (Lipinski definition) is 3. The number of aryl methyl sites for hydroxylation is 5. The van der Waals surface area contributed by atoms with Gasteiger partial charge in [-0.2, -0.15) is 0 Å². The minimum atomic E-state index is 0.302. The lowest BCUT2D eigenvalue weighted by Crippen LogP contribution is -2.00. The van der Waals surface area contributed by atoms with E-state index in [1.807, 2.05) is 45.9 Å². The van der Waals surface area contributed by atoms with Crippen LogP contribution in [-0.2, 0) is 19.3 Å².